The number of aryl methyl sites for hydroxylation is 2. The lowest BCUT2D eigenvalue weighted by Gasteiger charge is -2.09. The number of anilines is 1. The van der Waals surface area contributed by atoms with E-state index in [1.807, 2.05) is 62.4 Å². The van der Waals surface area contributed by atoms with Crippen molar-refractivity contribution in [1.82, 2.24) is 9.97 Å². The van der Waals surface area contributed by atoms with Gasteiger partial charge in [-0.25, -0.2) is 9.97 Å². The lowest BCUT2D eigenvalue weighted by atomic mass is 10.1. The highest BCUT2D eigenvalue weighted by molar-refractivity contribution is 7.99. The van der Waals surface area contributed by atoms with Crippen molar-refractivity contribution < 1.29 is 4.79 Å². The second-order valence-electron chi connectivity index (χ2n) is 6.11. The molecular weight excluding hydrogens is 378 g/mol. The molecule has 138 valence electrons. The average Bonchev–Trinajstić information content (AvgIpc) is 2.65. The fourth-order valence-electron chi connectivity index (χ4n) is 2.56. The minimum Gasteiger partial charge on any atom is -0.326 e. The molecule has 1 aromatic heterocycles. The van der Waals surface area contributed by atoms with Gasteiger partial charge in [-0.3, -0.25) is 4.79 Å². The third-order valence-electron chi connectivity index (χ3n) is 3.94. The van der Waals surface area contributed by atoms with E-state index >= 15 is 0 Å². The summed E-state index contributed by atoms with van der Waals surface area (Å²) in [4.78, 5) is 21.2. The van der Waals surface area contributed by atoms with Gasteiger partial charge >= 0.3 is 0 Å². The van der Waals surface area contributed by atoms with Crippen LogP contribution in [0.1, 0.15) is 17.8 Å². The number of hydrogen-bond donors (Lipinski definition) is 1. The van der Waals surface area contributed by atoms with Gasteiger partial charge in [0.15, 0.2) is 0 Å². The quantitative estimate of drug-likeness (QED) is 0.438. The van der Waals surface area contributed by atoms with Crippen molar-refractivity contribution in [2.24, 2.45) is 0 Å². The van der Waals surface area contributed by atoms with E-state index in [0.717, 1.165) is 33.4 Å². The van der Waals surface area contributed by atoms with Crippen molar-refractivity contribution in [3.8, 4) is 11.3 Å². The summed E-state index contributed by atoms with van der Waals surface area (Å²) in [5.74, 6) is 1.32. The molecule has 4 nitrogen and oxygen atoms in total. The molecule has 0 saturated carbocycles. The van der Waals surface area contributed by atoms with Gasteiger partial charge in [-0.2, -0.15) is 0 Å². The Morgan fingerprint density at radius 1 is 1.07 bits per heavy atom. The fraction of sp³-hybridized carbons (Fsp3) is 0.190. The van der Waals surface area contributed by atoms with Crippen LogP contribution in [0.15, 0.2) is 59.6 Å². The zero-order valence-electron chi connectivity index (χ0n) is 15.2. The number of nitrogens with zero attached hydrogens (tertiary/aromatic N) is 2. The van der Waals surface area contributed by atoms with Crippen LogP contribution >= 0.6 is 23.4 Å². The van der Waals surface area contributed by atoms with Crippen LogP contribution in [0.4, 0.5) is 5.69 Å². The van der Waals surface area contributed by atoms with Crippen molar-refractivity contribution in [1.29, 1.82) is 0 Å². The highest BCUT2D eigenvalue weighted by atomic mass is 35.5. The van der Waals surface area contributed by atoms with Crippen LogP contribution in [0.3, 0.4) is 0 Å². The number of halogens is 1. The van der Waals surface area contributed by atoms with Crippen molar-refractivity contribution in [3.63, 3.8) is 0 Å². The summed E-state index contributed by atoms with van der Waals surface area (Å²) in [6.45, 7) is 3.82. The molecule has 0 saturated heterocycles. The Labute approximate surface area is 168 Å². The van der Waals surface area contributed by atoms with Crippen molar-refractivity contribution in [2.45, 2.75) is 25.3 Å². The third kappa shape index (κ3) is 5.55. The van der Waals surface area contributed by atoms with Gasteiger partial charge in [0.1, 0.15) is 10.9 Å². The van der Waals surface area contributed by atoms with E-state index < -0.39 is 0 Å². The summed E-state index contributed by atoms with van der Waals surface area (Å²) in [6, 6.07) is 17.4. The Morgan fingerprint density at radius 3 is 2.63 bits per heavy atom. The maximum Gasteiger partial charge on any atom is 0.225 e. The van der Waals surface area contributed by atoms with Crippen LogP contribution < -0.4 is 5.32 Å². The Morgan fingerprint density at radius 2 is 1.85 bits per heavy atom. The standard InChI is InChI=1S/C21H20ClN3OS/c1-14-8-9-17(22)12-18(14)25-20(26)10-11-27-21-13-19(23-15(2)24-21)16-6-4-3-5-7-16/h3-9,12-13H,10-11H2,1-2H3,(H,25,26). The first-order valence-corrected chi connectivity index (χ1v) is 9.97. The van der Waals surface area contributed by atoms with Gasteiger partial charge < -0.3 is 5.32 Å². The number of nitrogens with one attached hydrogen (secondary N) is 1. The zero-order chi connectivity index (χ0) is 19.2. The monoisotopic (exact) mass is 397 g/mol. The zero-order valence-corrected chi connectivity index (χ0v) is 16.8. The molecule has 1 N–H and O–H groups in total. The van der Waals surface area contributed by atoms with Gasteiger partial charge in [-0.1, -0.05) is 48.0 Å². The van der Waals surface area contributed by atoms with E-state index in [1.165, 1.54) is 0 Å². The number of aromatic nitrogens is 2. The molecule has 1 heterocycles. The van der Waals surface area contributed by atoms with Gasteiger partial charge in [-0.05, 0) is 37.6 Å². The lowest BCUT2D eigenvalue weighted by molar-refractivity contribution is -0.115. The van der Waals surface area contributed by atoms with Crippen LogP contribution in [0.5, 0.6) is 0 Å². The maximum atomic E-state index is 12.2. The minimum atomic E-state index is -0.0399. The summed E-state index contributed by atoms with van der Waals surface area (Å²) in [5.41, 5.74) is 3.68. The molecule has 0 aliphatic heterocycles. The van der Waals surface area contributed by atoms with Gasteiger partial charge in [-0.15, -0.1) is 11.8 Å². The van der Waals surface area contributed by atoms with Gasteiger partial charge in [0.25, 0.3) is 0 Å². The molecule has 0 aliphatic rings. The number of thioether (sulfide) groups is 1. The van der Waals surface area contributed by atoms with Crippen molar-refractivity contribution >= 4 is 35.0 Å². The molecule has 0 spiro atoms. The molecule has 27 heavy (non-hydrogen) atoms. The van der Waals surface area contributed by atoms with E-state index in [0.29, 0.717) is 17.2 Å². The number of amides is 1. The van der Waals surface area contributed by atoms with Crippen molar-refractivity contribution in [3.05, 3.63) is 71.0 Å². The lowest BCUT2D eigenvalue weighted by Crippen LogP contribution is -2.13. The molecule has 0 unspecified atom stereocenters. The van der Waals surface area contributed by atoms with Crippen LogP contribution in [0.2, 0.25) is 5.02 Å². The second kappa shape index (κ2) is 9.02. The first kappa shape index (κ1) is 19.4. The number of hydrogen-bond acceptors (Lipinski definition) is 4. The number of carbonyl (C=O) groups excluding carboxylic acids is 1. The van der Waals surface area contributed by atoms with E-state index in [-0.39, 0.29) is 5.91 Å². The largest absolute Gasteiger partial charge is 0.326 e. The molecule has 0 aliphatic carbocycles. The van der Waals surface area contributed by atoms with E-state index in [1.54, 1.807) is 17.8 Å². The average molecular weight is 398 g/mol. The Hall–Kier alpha value is -2.37. The maximum absolute atomic E-state index is 12.2. The summed E-state index contributed by atoms with van der Waals surface area (Å²) >= 11 is 7.55. The van der Waals surface area contributed by atoms with Gasteiger partial charge in [0, 0.05) is 28.4 Å². The molecule has 2 aromatic carbocycles. The summed E-state index contributed by atoms with van der Waals surface area (Å²) in [5, 5.41) is 4.39. The smallest absolute Gasteiger partial charge is 0.225 e. The molecule has 1 amide bonds. The van der Waals surface area contributed by atoms with Gasteiger partial charge in [0.05, 0.1) is 5.69 Å². The second-order valence-corrected chi connectivity index (χ2v) is 7.66. The predicted octanol–water partition coefficient (Wildman–Crippen LogP) is 5.53. The van der Waals surface area contributed by atoms with Crippen LogP contribution in [0.25, 0.3) is 11.3 Å². The van der Waals surface area contributed by atoms with E-state index in [2.05, 4.69) is 15.3 Å². The number of rotatable bonds is 6. The number of benzene rings is 2. The molecular formula is C21H20ClN3OS. The molecule has 0 bridgehead atoms. The SMILES string of the molecule is Cc1nc(SCCC(=O)Nc2cc(Cl)ccc2C)cc(-c2ccccc2)n1. The van der Waals surface area contributed by atoms with E-state index in [4.69, 9.17) is 11.6 Å². The summed E-state index contributed by atoms with van der Waals surface area (Å²) in [7, 11) is 0. The van der Waals surface area contributed by atoms with Gasteiger partial charge in [0.2, 0.25) is 5.91 Å². The molecule has 0 radical (unpaired) electrons. The summed E-state index contributed by atoms with van der Waals surface area (Å²) in [6.07, 6.45) is 0.389. The number of carbonyl (C=O) groups is 1. The highest BCUT2D eigenvalue weighted by Crippen LogP contribution is 2.24. The van der Waals surface area contributed by atoms with E-state index in [9.17, 15) is 4.79 Å². The first-order chi connectivity index (χ1) is 13.0. The molecule has 6 heteroatoms. The predicted molar refractivity (Wildman–Crippen MR) is 112 cm³/mol. The molecule has 3 rings (SSSR count). The highest BCUT2D eigenvalue weighted by Gasteiger charge is 2.08. The molecule has 0 atom stereocenters. The van der Waals surface area contributed by atoms with Crippen LogP contribution in [-0.4, -0.2) is 21.6 Å². The van der Waals surface area contributed by atoms with Crippen molar-refractivity contribution in [2.75, 3.05) is 11.1 Å². The Balaban J connectivity index is 1.59. The summed E-state index contributed by atoms with van der Waals surface area (Å²) < 4.78 is 0. The topological polar surface area (TPSA) is 54.9 Å². The fourth-order valence-corrected chi connectivity index (χ4v) is 3.62. The van der Waals surface area contributed by atoms with Crippen LogP contribution in [-0.2, 0) is 4.79 Å². The molecule has 0 fully saturated rings. The Kier molecular flexibility index (Phi) is 6.48. The third-order valence-corrected chi connectivity index (χ3v) is 5.09. The Bertz CT molecular complexity index is 947. The minimum absolute atomic E-state index is 0.0399. The van der Waals surface area contributed by atoms with Crippen LogP contribution in [0, 0.1) is 13.8 Å². The molecule has 3 aromatic rings. The normalized spacial score (nSPS) is 10.6. The first-order valence-electron chi connectivity index (χ1n) is 8.61.